The predicted octanol–water partition coefficient (Wildman–Crippen LogP) is 1.94. The maximum absolute atomic E-state index is 12.2. The summed E-state index contributed by atoms with van der Waals surface area (Å²) in [5.74, 6) is 0. The molecule has 1 aromatic rings. The van der Waals surface area contributed by atoms with Gasteiger partial charge in [0.25, 0.3) is 6.43 Å². The number of carbonyl (C=O) groups is 1. The van der Waals surface area contributed by atoms with E-state index in [9.17, 15) is 13.6 Å². The largest absolute Gasteiger partial charge is 0.325 e. The summed E-state index contributed by atoms with van der Waals surface area (Å²) in [6.07, 6.45) is -2.27. The van der Waals surface area contributed by atoms with Crippen LogP contribution in [0.5, 0.6) is 0 Å². The van der Waals surface area contributed by atoms with Crippen molar-refractivity contribution in [2.75, 3.05) is 0 Å². The first-order valence-electron chi connectivity index (χ1n) is 3.72. The predicted molar refractivity (Wildman–Crippen MR) is 47.5 cm³/mol. The highest BCUT2D eigenvalue weighted by atomic mass is 35.5. The zero-order chi connectivity index (χ0) is 10.7. The SMILES string of the molecule is NCc1nc(C(F)F)cc(Cl)c1C=O. The van der Waals surface area contributed by atoms with Crippen LogP contribution in [-0.2, 0) is 6.54 Å². The highest BCUT2D eigenvalue weighted by Gasteiger charge is 2.15. The van der Waals surface area contributed by atoms with Crippen molar-refractivity contribution in [2.45, 2.75) is 13.0 Å². The van der Waals surface area contributed by atoms with E-state index in [0.29, 0.717) is 6.29 Å². The molecule has 0 saturated carbocycles. The summed E-state index contributed by atoms with van der Waals surface area (Å²) in [5.41, 5.74) is 4.92. The standard InChI is InChI=1S/C8H7ClF2N2O/c9-5-1-6(8(10)11)13-7(2-12)4(5)3-14/h1,3,8H,2,12H2. The molecular formula is C8H7ClF2N2O. The molecular weight excluding hydrogens is 214 g/mol. The van der Waals surface area contributed by atoms with Crippen LogP contribution in [0.25, 0.3) is 0 Å². The van der Waals surface area contributed by atoms with Crippen molar-refractivity contribution in [1.29, 1.82) is 0 Å². The van der Waals surface area contributed by atoms with E-state index in [1.165, 1.54) is 0 Å². The minimum atomic E-state index is -2.72. The zero-order valence-electron chi connectivity index (χ0n) is 7.01. The van der Waals surface area contributed by atoms with E-state index in [-0.39, 0.29) is 22.8 Å². The molecule has 0 aliphatic carbocycles. The number of nitrogens with zero attached hydrogens (tertiary/aromatic N) is 1. The van der Waals surface area contributed by atoms with Gasteiger partial charge in [-0.15, -0.1) is 0 Å². The van der Waals surface area contributed by atoms with Crippen LogP contribution in [0.3, 0.4) is 0 Å². The number of halogens is 3. The fraction of sp³-hybridized carbons (Fsp3) is 0.250. The van der Waals surface area contributed by atoms with Crippen molar-refractivity contribution in [2.24, 2.45) is 5.73 Å². The molecule has 1 aromatic heterocycles. The first-order valence-corrected chi connectivity index (χ1v) is 4.10. The second-order valence-electron chi connectivity index (χ2n) is 2.51. The van der Waals surface area contributed by atoms with Gasteiger partial charge in [0, 0.05) is 6.54 Å². The molecule has 0 aliphatic heterocycles. The number of hydrogen-bond donors (Lipinski definition) is 1. The minimum absolute atomic E-state index is 0.0502. The number of aromatic nitrogens is 1. The molecule has 0 aliphatic rings. The van der Waals surface area contributed by atoms with Gasteiger partial charge in [0.1, 0.15) is 5.69 Å². The average molecular weight is 221 g/mol. The van der Waals surface area contributed by atoms with Crippen LogP contribution in [0.15, 0.2) is 6.07 Å². The Bertz CT molecular complexity index is 357. The van der Waals surface area contributed by atoms with Crippen LogP contribution in [0.2, 0.25) is 5.02 Å². The molecule has 1 rings (SSSR count). The first-order chi connectivity index (χ1) is 6.60. The summed E-state index contributed by atoms with van der Waals surface area (Å²) in [7, 11) is 0. The van der Waals surface area contributed by atoms with Crippen molar-refractivity contribution >= 4 is 17.9 Å². The van der Waals surface area contributed by atoms with Crippen molar-refractivity contribution in [3.05, 3.63) is 28.0 Å². The van der Waals surface area contributed by atoms with Gasteiger partial charge < -0.3 is 5.73 Å². The maximum atomic E-state index is 12.2. The molecule has 14 heavy (non-hydrogen) atoms. The lowest BCUT2D eigenvalue weighted by atomic mass is 10.2. The molecule has 0 aromatic carbocycles. The quantitative estimate of drug-likeness (QED) is 0.792. The number of aldehydes is 1. The van der Waals surface area contributed by atoms with Gasteiger partial charge in [-0.05, 0) is 6.07 Å². The molecule has 6 heteroatoms. The Balaban J connectivity index is 3.31. The van der Waals surface area contributed by atoms with Crippen molar-refractivity contribution < 1.29 is 13.6 Å². The van der Waals surface area contributed by atoms with Crippen LogP contribution in [0.4, 0.5) is 8.78 Å². The molecule has 1 heterocycles. The number of carbonyl (C=O) groups excluding carboxylic acids is 1. The summed E-state index contributed by atoms with van der Waals surface area (Å²) in [4.78, 5) is 14.1. The molecule has 0 amide bonds. The van der Waals surface area contributed by atoms with Crippen LogP contribution in [0, 0.1) is 0 Å². The Morgan fingerprint density at radius 3 is 2.71 bits per heavy atom. The van der Waals surface area contributed by atoms with Crippen molar-refractivity contribution in [3.63, 3.8) is 0 Å². The van der Waals surface area contributed by atoms with E-state index in [2.05, 4.69) is 4.98 Å². The summed E-state index contributed by atoms with van der Waals surface area (Å²) in [6.45, 7) is -0.103. The number of alkyl halides is 2. The third kappa shape index (κ3) is 2.05. The summed E-state index contributed by atoms with van der Waals surface area (Å²) in [6, 6.07) is 0.967. The smallest absolute Gasteiger partial charge is 0.280 e. The van der Waals surface area contributed by atoms with E-state index >= 15 is 0 Å². The van der Waals surface area contributed by atoms with Gasteiger partial charge >= 0.3 is 0 Å². The van der Waals surface area contributed by atoms with Crippen molar-refractivity contribution in [1.82, 2.24) is 4.98 Å². The number of nitrogens with two attached hydrogens (primary N) is 1. The fourth-order valence-corrected chi connectivity index (χ4v) is 1.25. The van der Waals surface area contributed by atoms with Crippen LogP contribution in [-0.4, -0.2) is 11.3 Å². The number of rotatable bonds is 3. The summed E-state index contributed by atoms with van der Waals surface area (Å²) >= 11 is 5.60. The molecule has 0 unspecified atom stereocenters. The molecule has 0 spiro atoms. The molecule has 2 N–H and O–H groups in total. The fourth-order valence-electron chi connectivity index (χ4n) is 0.985. The molecule has 0 saturated heterocycles. The van der Waals surface area contributed by atoms with Crippen LogP contribution < -0.4 is 5.73 Å². The van der Waals surface area contributed by atoms with Gasteiger partial charge in [-0.2, -0.15) is 0 Å². The minimum Gasteiger partial charge on any atom is -0.325 e. The Kier molecular flexibility index (Phi) is 3.49. The van der Waals surface area contributed by atoms with Gasteiger partial charge in [-0.25, -0.2) is 13.8 Å². The average Bonchev–Trinajstić information content (AvgIpc) is 2.16. The second kappa shape index (κ2) is 4.43. The van der Waals surface area contributed by atoms with E-state index < -0.39 is 12.1 Å². The van der Waals surface area contributed by atoms with Crippen LogP contribution >= 0.6 is 11.6 Å². The first kappa shape index (κ1) is 11.0. The molecule has 0 bridgehead atoms. The lowest BCUT2D eigenvalue weighted by Crippen LogP contribution is -2.07. The highest BCUT2D eigenvalue weighted by Crippen LogP contribution is 2.24. The number of hydrogen-bond acceptors (Lipinski definition) is 3. The van der Waals surface area contributed by atoms with Crippen molar-refractivity contribution in [3.8, 4) is 0 Å². The Morgan fingerprint density at radius 2 is 2.29 bits per heavy atom. The van der Waals surface area contributed by atoms with Gasteiger partial charge in [0.2, 0.25) is 0 Å². The Morgan fingerprint density at radius 1 is 1.64 bits per heavy atom. The summed E-state index contributed by atoms with van der Waals surface area (Å²) < 4.78 is 24.5. The van der Waals surface area contributed by atoms with E-state index in [1.807, 2.05) is 0 Å². The summed E-state index contributed by atoms with van der Waals surface area (Å²) in [5, 5.41) is -0.0502. The normalized spacial score (nSPS) is 10.6. The van der Waals surface area contributed by atoms with Crippen LogP contribution in [0.1, 0.15) is 28.2 Å². The lowest BCUT2D eigenvalue weighted by molar-refractivity contribution is 0.112. The molecule has 0 radical (unpaired) electrons. The third-order valence-corrected chi connectivity index (χ3v) is 1.95. The molecule has 76 valence electrons. The zero-order valence-corrected chi connectivity index (χ0v) is 7.76. The van der Waals surface area contributed by atoms with Gasteiger partial charge in [-0.3, -0.25) is 4.79 Å². The molecule has 0 atom stereocenters. The Labute approximate surface area is 83.9 Å². The van der Waals surface area contributed by atoms with Gasteiger partial charge in [0.05, 0.1) is 16.3 Å². The Hall–Kier alpha value is -1.07. The third-order valence-electron chi connectivity index (χ3n) is 1.64. The van der Waals surface area contributed by atoms with E-state index in [1.54, 1.807) is 0 Å². The lowest BCUT2D eigenvalue weighted by Gasteiger charge is -2.06. The monoisotopic (exact) mass is 220 g/mol. The second-order valence-corrected chi connectivity index (χ2v) is 2.92. The van der Waals surface area contributed by atoms with Gasteiger partial charge in [-0.1, -0.05) is 11.6 Å². The topological polar surface area (TPSA) is 56.0 Å². The maximum Gasteiger partial charge on any atom is 0.280 e. The molecule has 3 nitrogen and oxygen atoms in total. The van der Waals surface area contributed by atoms with Gasteiger partial charge in [0.15, 0.2) is 6.29 Å². The van der Waals surface area contributed by atoms with E-state index in [4.69, 9.17) is 17.3 Å². The highest BCUT2D eigenvalue weighted by molar-refractivity contribution is 6.33. The number of pyridine rings is 1. The van der Waals surface area contributed by atoms with E-state index in [0.717, 1.165) is 6.07 Å². The molecule has 0 fully saturated rings.